The Kier molecular flexibility index (Phi) is 5.36. The van der Waals surface area contributed by atoms with Crippen LogP contribution in [-0.4, -0.2) is 64.9 Å². The quantitative estimate of drug-likeness (QED) is 0.806. The van der Waals surface area contributed by atoms with Crippen molar-refractivity contribution in [3.05, 3.63) is 29.2 Å². The van der Waals surface area contributed by atoms with E-state index in [1.165, 1.54) is 4.68 Å². The molecule has 2 aromatic heterocycles. The Morgan fingerprint density at radius 2 is 1.85 bits per heavy atom. The molecule has 0 saturated carbocycles. The van der Waals surface area contributed by atoms with Crippen molar-refractivity contribution < 1.29 is 8.78 Å². The molecule has 0 atom stereocenters. The van der Waals surface area contributed by atoms with Crippen LogP contribution in [0.15, 0.2) is 12.3 Å². The van der Waals surface area contributed by atoms with Crippen molar-refractivity contribution in [2.24, 2.45) is 7.05 Å². The van der Waals surface area contributed by atoms with Gasteiger partial charge in [0.25, 0.3) is 6.43 Å². The van der Waals surface area contributed by atoms with Crippen LogP contribution in [0.1, 0.15) is 23.4 Å². The van der Waals surface area contributed by atoms with Crippen LogP contribution in [0.25, 0.3) is 0 Å². The van der Waals surface area contributed by atoms with E-state index in [1.807, 2.05) is 32.0 Å². The highest BCUT2D eigenvalue weighted by molar-refractivity contribution is 5.45. The van der Waals surface area contributed by atoms with E-state index in [0.29, 0.717) is 18.1 Å². The summed E-state index contributed by atoms with van der Waals surface area (Å²) in [5, 5.41) is 3.88. The van der Waals surface area contributed by atoms with E-state index < -0.39 is 6.43 Å². The van der Waals surface area contributed by atoms with E-state index in [2.05, 4.69) is 24.9 Å². The summed E-state index contributed by atoms with van der Waals surface area (Å²) in [6.45, 7) is 5.63. The highest BCUT2D eigenvalue weighted by atomic mass is 19.3. The van der Waals surface area contributed by atoms with Gasteiger partial charge in [-0.3, -0.25) is 9.58 Å². The first-order chi connectivity index (χ1) is 12.3. The molecular weight excluding hydrogens is 340 g/mol. The minimum absolute atomic E-state index is 0.114. The Bertz CT molecular complexity index is 752. The van der Waals surface area contributed by atoms with Crippen molar-refractivity contribution in [3.63, 3.8) is 0 Å². The monoisotopic (exact) mass is 365 g/mol. The van der Waals surface area contributed by atoms with Crippen LogP contribution in [0.3, 0.4) is 0 Å². The number of alkyl halides is 2. The highest BCUT2D eigenvalue weighted by Gasteiger charge is 2.23. The summed E-state index contributed by atoms with van der Waals surface area (Å²) in [6, 6.07) is 1.98. The first kappa shape index (κ1) is 18.5. The SMILES string of the molecule is Cc1cc(N2CCN(Cc3cn(C)nc3C(F)F)CC2)nc(N(C)C)n1. The summed E-state index contributed by atoms with van der Waals surface area (Å²) in [5.41, 5.74) is 1.42. The summed E-state index contributed by atoms with van der Waals surface area (Å²) < 4.78 is 27.7. The van der Waals surface area contributed by atoms with Gasteiger partial charge in [-0.2, -0.15) is 10.1 Å². The lowest BCUT2D eigenvalue weighted by molar-refractivity contribution is 0.142. The third-order valence-corrected chi connectivity index (χ3v) is 4.46. The van der Waals surface area contributed by atoms with Gasteiger partial charge in [0.2, 0.25) is 5.95 Å². The maximum Gasteiger partial charge on any atom is 0.282 e. The number of halogens is 2. The summed E-state index contributed by atoms with van der Waals surface area (Å²) in [6.07, 6.45) is -0.855. The zero-order chi connectivity index (χ0) is 18.8. The zero-order valence-corrected chi connectivity index (χ0v) is 15.7. The fourth-order valence-electron chi connectivity index (χ4n) is 3.13. The number of aryl methyl sites for hydroxylation is 2. The van der Waals surface area contributed by atoms with Gasteiger partial charge in [-0.15, -0.1) is 0 Å². The van der Waals surface area contributed by atoms with Crippen molar-refractivity contribution in [1.82, 2.24) is 24.6 Å². The van der Waals surface area contributed by atoms with E-state index in [0.717, 1.165) is 37.7 Å². The number of hydrogen-bond acceptors (Lipinski definition) is 6. The fourth-order valence-corrected chi connectivity index (χ4v) is 3.13. The van der Waals surface area contributed by atoms with Gasteiger partial charge < -0.3 is 9.80 Å². The van der Waals surface area contributed by atoms with Gasteiger partial charge in [-0.1, -0.05) is 0 Å². The number of nitrogens with zero attached hydrogens (tertiary/aromatic N) is 7. The lowest BCUT2D eigenvalue weighted by Gasteiger charge is -2.35. The number of aromatic nitrogens is 4. The predicted molar refractivity (Wildman–Crippen MR) is 96.8 cm³/mol. The van der Waals surface area contributed by atoms with Gasteiger partial charge in [0, 0.05) is 77.4 Å². The molecule has 1 fully saturated rings. The molecule has 0 aliphatic carbocycles. The van der Waals surface area contributed by atoms with Gasteiger partial charge >= 0.3 is 0 Å². The average molecular weight is 365 g/mol. The Labute approximate surface area is 152 Å². The maximum atomic E-state index is 13.1. The molecule has 0 amide bonds. The average Bonchev–Trinajstić information content (AvgIpc) is 2.95. The van der Waals surface area contributed by atoms with Crippen molar-refractivity contribution in [2.75, 3.05) is 50.1 Å². The molecule has 9 heteroatoms. The van der Waals surface area contributed by atoms with Crippen molar-refractivity contribution in [3.8, 4) is 0 Å². The molecule has 26 heavy (non-hydrogen) atoms. The Morgan fingerprint density at radius 3 is 2.46 bits per heavy atom. The van der Waals surface area contributed by atoms with Crippen LogP contribution in [-0.2, 0) is 13.6 Å². The predicted octanol–water partition coefficient (Wildman–Crippen LogP) is 1.84. The molecule has 3 heterocycles. The van der Waals surface area contributed by atoms with Crippen LogP contribution in [0.5, 0.6) is 0 Å². The number of piperazine rings is 1. The Balaban J connectivity index is 1.65. The molecule has 1 aliphatic rings. The van der Waals surface area contributed by atoms with E-state index in [9.17, 15) is 8.78 Å². The molecule has 3 rings (SSSR count). The number of rotatable bonds is 5. The first-order valence-corrected chi connectivity index (χ1v) is 8.64. The van der Waals surface area contributed by atoms with Crippen LogP contribution >= 0.6 is 0 Å². The van der Waals surface area contributed by atoms with Crippen molar-refractivity contribution >= 4 is 11.8 Å². The highest BCUT2D eigenvalue weighted by Crippen LogP contribution is 2.23. The van der Waals surface area contributed by atoms with Crippen molar-refractivity contribution in [2.45, 2.75) is 19.9 Å². The summed E-state index contributed by atoms with van der Waals surface area (Å²) >= 11 is 0. The van der Waals surface area contributed by atoms with E-state index in [1.54, 1.807) is 13.2 Å². The van der Waals surface area contributed by atoms with E-state index in [-0.39, 0.29) is 5.69 Å². The van der Waals surface area contributed by atoms with Gasteiger partial charge in [-0.25, -0.2) is 13.8 Å². The van der Waals surface area contributed by atoms with Gasteiger partial charge in [0.15, 0.2) is 0 Å². The molecule has 0 unspecified atom stereocenters. The van der Waals surface area contributed by atoms with E-state index in [4.69, 9.17) is 0 Å². The molecule has 0 radical (unpaired) electrons. The lowest BCUT2D eigenvalue weighted by Crippen LogP contribution is -2.46. The molecule has 2 aromatic rings. The number of hydrogen-bond donors (Lipinski definition) is 0. The molecule has 142 valence electrons. The van der Waals surface area contributed by atoms with Gasteiger partial charge in [0.05, 0.1) is 0 Å². The van der Waals surface area contributed by atoms with Crippen LogP contribution < -0.4 is 9.80 Å². The minimum atomic E-state index is -2.54. The largest absolute Gasteiger partial charge is 0.354 e. The second-order valence-corrected chi connectivity index (χ2v) is 6.84. The van der Waals surface area contributed by atoms with Gasteiger partial charge in [-0.05, 0) is 6.92 Å². The number of anilines is 2. The zero-order valence-electron chi connectivity index (χ0n) is 15.7. The molecular formula is C17H25F2N7. The summed E-state index contributed by atoms with van der Waals surface area (Å²) in [7, 11) is 5.52. The Hall–Kier alpha value is -2.29. The Morgan fingerprint density at radius 1 is 1.15 bits per heavy atom. The first-order valence-electron chi connectivity index (χ1n) is 8.64. The lowest BCUT2D eigenvalue weighted by atomic mass is 10.2. The molecule has 0 spiro atoms. The normalized spacial score (nSPS) is 15.7. The van der Waals surface area contributed by atoms with Crippen LogP contribution in [0, 0.1) is 6.92 Å². The minimum Gasteiger partial charge on any atom is -0.354 e. The molecule has 1 aliphatic heterocycles. The van der Waals surface area contributed by atoms with E-state index >= 15 is 0 Å². The second kappa shape index (κ2) is 7.53. The second-order valence-electron chi connectivity index (χ2n) is 6.84. The molecule has 7 nitrogen and oxygen atoms in total. The third kappa shape index (κ3) is 4.09. The molecule has 0 aromatic carbocycles. The van der Waals surface area contributed by atoms with Crippen molar-refractivity contribution in [1.29, 1.82) is 0 Å². The maximum absolute atomic E-state index is 13.1. The summed E-state index contributed by atoms with van der Waals surface area (Å²) in [5.74, 6) is 1.61. The summed E-state index contributed by atoms with van der Waals surface area (Å²) in [4.78, 5) is 15.3. The van der Waals surface area contributed by atoms with Crippen LogP contribution in [0.2, 0.25) is 0 Å². The topological polar surface area (TPSA) is 53.3 Å². The third-order valence-electron chi connectivity index (χ3n) is 4.46. The smallest absolute Gasteiger partial charge is 0.282 e. The van der Waals surface area contributed by atoms with Crippen LogP contribution in [0.4, 0.5) is 20.5 Å². The fraction of sp³-hybridized carbons (Fsp3) is 0.588. The molecule has 0 bridgehead atoms. The molecule has 1 saturated heterocycles. The molecule has 0 N–H and O–H groups in total. The van der Waals surface area contributed by atoms with Gasteiger partial charge in [0.1, 0.15) is 11.5 Å². The standard InChI is InChI=1S/C17H25F2N7/c1-12-9-14(21-17(20-12)23(2)3)26-7-5-25(6-8-26)11-13-10-24(4)22-15(13)16(18)19/h9-10,16H,5-8,11H2,1-4H3.